The van der Waals surface area contributed by atoms with Gasteiger partial charge in [0.2, 0.25) is 0 Å². The summed E-state index contributed by atoms with van der Waals surface area (Å²) in [5.74, 6) is 1.70. The lowest BCUT2D eigenvalue weighted by molar-refractivity contribution is 0.297. The molecule has 1 N–H and O–H groups in total. The number of fused-ring (bicyclic) bond motifs is 1. The topological polar surface area (TPSA) is 30.5 Å². The number of nitrogens with one attached hydrogen (secondary N) is 1. The predicted molar refractivity (Wildman–Crippen MR) is 77.3 cm³/mol. The van der Waals surface area contributed by atoms with Crippen LogP contribution in [0.1, 0.15) is 22.9 Å². The van der Waals surface area contributed by atoms with Crippen molar-refractivity contribution in [3.05, 3.63) is 46.2 Å². The molecule has 1 unspecified atom stereocenters. The molecule has 1 aromatic carbocycles. The lowest BCUT2D eigenvalue weighted by atomic mass is 10.0. The Hall–Kier alpha value is -1.52. The Kier molecular flexibility index (Phi) is 3.71. The highest BCUT2D eigenvalue weighted by atomic mass is 32.1. The molecule has 1 aliphatic heterocycles. The van der Waals surface area contributed by atoms with E-state index in [-0.39, 0.29) is 6.04 Å². The molecule has 2 heterocycles. The number of thiophene rings is 1. The van der Waals surface area contributed by atoms with Crippen LogP contribution in [0.4, 0.5) is 0 Å². The van der Waals surface area contributed by atoms with Crippen LogP contribution in [-0.4, -0.2) is 20.3 Å². The average Bonchev–Trinajstić information content (AvgIpc) is 2.85. The summed E-state index contributed by atoms with van der Waals surface area (Å²) >= 11 is 1.76. The molecule has 1 aliphatic rings. The summed E-state index contributed by atoms with van der Waals surface area (Å²) in [6.07, 6.45) is 0.935. The highest BCUT2D eigenvalue weighted by Gasteiger charge is 2.17. The van der Waals surface area contributed by atoms with E-state index in [1.54, 1.807) is 11.3 Å². The molecule has 2 aromatic rings. The van der Waals surface area contributed by atoms with E-state index in [2.05, 4.69) is 35.0 Å². The van der Waals surface area contributed by atoms with E-state index in [4.69, 9.17) is 9.47 Å². The molecule has 0 saturated heterocycles. The third-order valence-electron chi connectivity index (χ3n) is 3.22. The lowest BCUT2D eigenvalue weighted by Crippen LogP contribution is -2.16. The van der Waals surface area contributed by atoms with Crippen LogP contribution in [0, 0.1) is 0 Å². The van der Waals surface area contributed by atoms with Gasteiger partial charge < -0.3 is 14.8 Å². The van der Waals surface area contributed by atoms with E-state index in [1.165, 1.54) is 10.4 Å². The van der Waals surface area contributed by atoms with Crippen molar-refractivity contribution >= 4 is 11.3 Å². The summed E-state index contributed by atoms with van der Waals surface area (Å²) in [4.78, 5) is 1.30. The van der Waals surface area contributed by atoms with Crippen molar-refractivity contribution < 1.29 is 9.47 Å². The maximum Gasteiger partial charge on any atom is 0.161 e. The van der Waals surface area contributed by atoms with Crippen molar-refractivity contribution in [3.8, 4) is 11.5 Å². The maximum absolute atomic E-state index is 5.75. The smallest absolute Gasteiger partial charge is 0.161 e. The third-order valence-corrected chi connectivity index (χ3v) is 4.16. The molecule has 0 spiro atoms. The molecule has 1 atom stereocenters. The molecule has 0 fully saturated rings. The van der Waals surface area contributed by atoms with Gasteiger partial charge in [-0.15, -0.1) is 11.3 Å². The number of benzene rings is 1. The van der Waals surface area contributed by atoms with E-state index in [0.717, 1.165) is 31.1 Å². The lowest BCUT2D eigenvalue weighted by Gasteiger charge is -2.17. The second-order valence-corrected chi connectivity index (χ2v) is 5.47. The van der Waals surface area contributed by atoms with Crippen LogP contribution in [0.25, 0.3) is 0 Å². The first kappa shape index (κ1) is 12.5. The molecular formula is C15H17NO2S. The zero-order valence-electron chi connectivity index (χ0n) is 10.9. The average molecular weight is 275 g/mol. The molecule has 0 amide bonds. The van der Waals surface area contributed by atoms with Gasteiger partial charge in [-0.2, -0.15) is 0 Å². The van der Waals surface area contributed by atoms with Crippen LogP contribution >= 0.6 is 11.3 Å². The highest BCUT2D eigenvalue weighted by Crippen LogP contribution is 2.34. The Morgan fingerprint density at radius 3 is 2.74 bits per heavy atom. The quantitative estimate of drug-likeness (QED) is 0.933. The van der Waals surface area contributed by atoms with Gasteiger partial charge in [0.25, 0.3) is 0 Å². The Labute approximate surface area is 117 Å². The van der Waals surface area contributed by atoms with Gasteiger partial charge >= 0.3 is 0 Å². The number of rotatable bonds is 3. The molecule has 4 heteroatoms. The van der Waals surface area contributed by atoms with Gasteiger partial charge in [-0.05, 0) is 36.2 Å². The van der Waals surface area contributed by atoms with Crippen LogP contribution in [-0.2, 0) is 0 Å². The van der Waals surface area contributed by atoms with E-state index in [1.807, 2.05) is 13.1 Å². The summed E-state index contributed by atoms with van der Waals surface area (Å²) in [6, 6.07) is 10.6. The Balaban J connectivity index is 1.94. The molecule has 0 bridgehead atoms. The van der Waals surface area contributed by atoms with E-state index in [0.29, 0.717) is 0 Å². The van der Waals surface area contributed by atoms with Crippen molar-refractivity contribution in [1.29, 1.82) is 0 Å². The first-order valence-corrected chi connectivity index (χ1v) is 7.36. The number of hydrogen-bond acceptors (Lipinski definition) is 4. The fraction of sp³-hybridized carbons (Fsp3) is 0.333. The second-order valence-electron chi connectivity index (χ2n) is 4.49. The standard InChI is InChI=1S/C15H17NO2S/c1-16-15(14-4-2-9-19-14)11-5-6-12-13(10-11)18-8-3-7-17-12/h2,4-6,9-10,15-16H,3,7-8H2,1H3. The van der Waals surface area contributed by atoms with Gasteiger partial charge in [-0.25, -0.2) is 0 Å². The van der Waals surface area contributed by atoms with Gasteiger partial charge in [-0.3, -0.25) is 0 Å². The van der Waals surface area contributed by atoms with Gasteiger partial charge in [0.15, 0.2) is 11.5 Å². The van der Waals surface area contributed by atoms with E-state index < -0.39 is 0 Å². The summed E-state index contributed by atoms with van der Waals surface area (Å²) in [5, 5.41) is 5.46. The van der Waals surface area contributed by atoms with Gasteiger partial charge in [0.05, 0.1) is 19.3 Å². The maximum atomic E-state index is 5.75. The fourth-order valence-corrected chi connectivity index (χ4v) is 3.15. The molecular weight excluding hydrogens is 258 g/mol. The largest absolute Gasteiger partial charge is 0.490 e. The third kappa shape index (κ3) is 2.60. The van der Waals surface area contributed by atoms with E-state index in [9.17, 15) is 0 Å². The van der Waals surface area contributed by atoms with Crippen LogP contribution in [0.15, 0.2) is 35.7 Å². The Morgan fingerprint density at radius 1 is 1.16 bits per heavy atom. The zero-order valence-corrected chi connectivity index (χ0v) is 11.7. The van der Waals surface area contributed by atoms with Crippen molar-refractivity contribution in [2.45, 2.75) is 12.5 Å². The molecule has 0 radical (unpaired) electrons. The van der Waals surface area contributed by atoms with Crippen LogP contribution in [0.3, 0.4) is 0 Å². The first-order valence-electron chi connectivity index (χ1n) is 6.48. The Morgan fingerprint density at radius 2 is 2.00 bits per heavy atom. The summed E-state index contributed by atoms with van der Waals surface area (Å²) < 4.78 is 11.4. The van der Waals surface area contributed by atoms with Crippen molar-refractivity contribution in [2.24, 2.45) is 0 Å². The van der Waals surface area contributed by atoms with E-state index >= 15 is 0 Å². The van der Waals surface area contributed by atoms with Crippen LogP contribution < -0.4 is 14.8 Å². The van der Waals surface area contributed by atoms with Crippen molar-refractivity contribution in [3.63, 3.8) is 0 Å². The summed E-state index contributed by atoms with van der Waals surface area (Å²) in [5.41, 5.74) is 1.20. The minimum atomic E-state index is 0.206. The minimum absolute atomic E-state index is 0.206. The second kappa shape index (κ2) is 5.63. The molecule has 3 nitrogen and oxygen atoms in total. The highest BCUT2D eigenvalue weighted by molar-refractivity contribution is 7.10. The van der Waals surface area contributed by atoms with Crippen molar-refractivity contribution in [2.75, 3.05) is 20.3 Å². The number of ether oxygens (including phenoxy) is 2. The summed E-state index contributed by atoms with van der Waals surface area (Å²) in [6.45, 7) is 1.45. The van der Waals surface area contributed by atoms with Gasteiger partial charge in [0, 0.05) is 11.3 Å². The Bertz CT molecular complexity index is 539. The molecule has 1 aromatic heterocycles. The number of hydrogen-bond donors (Lipinski definition) is 1. The fourth-order valence-electron chi connectivity index (χ4n) is 2.29. The van der Waals surface area contributed by atoms with Crippen LogP contribution in [0.2, 0.25) is 0 Å². The molecule has 3 rings (SSSR count). The monoisotopic (exact) mass is 275 g/mol. The molecule has 100 valence electrons. The molecule has 19 heavy (non-hydrogen) atoms. The predicted octanol–water partition coefficient (Wildman–Crippen LogP) is 3.22. The summed E-state index contributed by atoms with van der Waals surface area (Å²) in [7, 11) is 1.98. The van der Waals surface area contributed by atoms with Gasteiger partial charge in [0.1, 0.15) is 0 Å². The normalized spacial score (nSPS) is 15.8. The SMILES string of the molecule is CNC(c1ccc2c(c1)OCCCO2)c1cccs1. The minimum Gasteiger partial charge on any atom is -0.490 e. The zero-order chi connectivity index (χ0) is 13.1. The van der Waals surface area contributed by atoms with Crippen LogP contribution in [0.5, 0.6) is 11.5 Å². The molecule has 0 aliphatic carbocycles. The van der Waals surface area contributed by atoms with Gasteiger partial charge in [-0.1, -0.05) is 12.1 Å². The molecule has 0 saturated carbocycles. The van der Waals surface area contributed by atoms with Crippen molar-refractivity contribution in [1.82, 2.24) is 5.32 Å². The first-order chi connectivity index (χ1) is 9.38.